The van der Waals surface area contributed by atoms with Gasteiger partial charge in [-0.05, 0) is 18.1 Å². The molecule has 0 aliphatic heterocycles. The van der Waals surface area contributed by atoms with E-state index < -0.39 is 0 Å². The smallest absolute Gasteiger partial charge is 0.232 e. The first-order valence-corrected chi connectivity index (χ1v) is 8.02. The van der Waals surface area contributed by atoms with Gasteiger partial charge >= 0.3 is 0 Å². The number of nitriles is 1. The van der Waals surface area contributed by atoms with Gasteiger partial charge in [0.1, 0.15) is 11.6 Å². The van der Waals surface area contributed by atoms with Crippen molar-refractivity contribution in [3.8, 4) is 34.3 Å². The molecule has 0 aliphatic carbocycles. The number of hydrogen-bond acceptors (Lipinski definition) is 3. The molecule has 3 aromatic rings. The largest absolute Gasteiger partial charge is 0.477 e. The van der Waals surface area contributed by atoms with Crippen LogP contribution in [0.25, 0.3) is 22.4 Å². The summed E-state index contributed by atoms with van der Waals surface area (Å²) in [6.45, 7) is 2.57. The highest BCUT2D eigenvalue weighted by molar-refractivity contribution is 5.77. The first-order valence-electron chi connectivity index (χ1n) is 8.02. The van der Waals surface area contributed by atoms with Crippen molar-refractivity contribution in [3.63, 3.8) is 0 Å². The number of nitrogens with zero attached hydrogens (tertiary/aromatic N) is 2. The van der Waals surface area contributed by atoms with Crippen LogP contribution in [0.3, 0.4) is 0 Å². The zero-order valence-electron chi connectivity index (χ0n) is 13.6. The fourth-order valence-corrected chi connectivity index (χ4v) is 2.54. The summed E-state index contributed by atoms with van der Waals surface area (Å²) in [5.41, 5.74) is 4.11. The fourth-order valence-electron chi connectivity index (χ4n) is 2.54. The maximum absolute atomic E-state index is 9.65. The van der Waals surface area contributed by atoms with Crippen LogP contribution in [0.15, 0.2) is 66.7 Å². The first-order chi connectivity index (χ1) is 11.8. The van der Waals surface area contributed by atoms with Crippen molar-refractivity contribution >= 4 is 0 Å². The minimum absolute atomic E-state index is 0.402. The Bertz CT molecular complexity index is 852. The van der Waals surface area contributed by atoms with Crippen molar-refractivity contribution in [2.45, 2.75) is 13.3 Å². The van der Waals surface area contributed by atoms with Gasteiger partial charge in [-0.2, -0.15) is 5.26 Å². The molecule has 0 bridgehead atoms. The van der Waals surface area contributed by atoms with Crippen LogP contribution in [0.1, 0.15) is 18.9 Å². The Morgan fingerprint density at radius 3 is 2.17 bits per heavy atom. The second-order valence-electron chi connectivity index (χ2n) is 5.43. The van der Waals surface area contributed by atoms with E-state index in [4.69, 9.17) is 4.74 Å². The molecule has 24 heavy (non-hydrogen) atoms. The summed E-state index contributed by atoms with van der Waals surface area (Å²) in [6, 6.07) is 24.0. The van der Waals surface area contributed by atoms with Crippen LogP contribution < -0.4 is 4.74 Å². The number of pyridine rings is 1. The van der Waals surface area contributed by atoms with E-state index in [1.165, 1.54) is 0 Å². The summed E-state index contributed by atoms with van der Waals surface area (Å²) in [5.74, 6) is 0.402. The van der Waals surface area contributed by atoms with Gasteiger partial charge in [-0.25, -0.2) is 4.98 Å². The molecule has 0 spiro atoms. The molecule has 0 unspecified atom stereocenters. The molecule has 1 aromatic heterocycles. The van der Waals surface area contributed by atoms with E-state index in [-0.39, 0.29) is 0 Å². The predicted molar refractivity (Wildman–Crippen MR) is 95.6 cm³/mol. The fraction of sp³-hybridized carbons (Fsp3) is 0.143. The molecular formula is C21H18N2O. The van der Waals surface area contributed by atoms with E-state index in [9.17, 15) is 5.26 Å². The van der Waals surface area contributed by atoms with Gasteiger partial charge in [0, 0.05) is 11.1 Å². The zero-order valence-corrected chi connectivity index (χ0v) is 13.6. The highest BCUT2D eigenvalue weighted by Crippen LogP contribution is 2.33. The van der Waals surface area contributed by atoms with Crippen LogP contribution in [0, 0.1) is 11.3 Å². The van der Waals surface area contributed by atoms with Gasteiger partial charge in [0.25, 0.3) is 0 Å². The maximum Gasteiger partial charge on any atom is 0.232 e. The predicted octanol–water partition coefficient (Wildman–Crippen LogP) is 5.08. The number of rotatable bonds is 5. The molecule has 0 N–H and O–H groups in total. The molecule has 3 rings (SSSR count). The van der Waals surface area contributed by atoms with Crippen LogP contribution in [0.4, 0.5) is 0 Å². The third-order valence-corrected chi connectivity index (χ3v) is 3.70. The monoisotopic (exact) mass is 314 g/mol. The number of ether oxygens (including phenoxy) is 1. The van der Waals surface area contributed by atoms with Gasteiger partial charge in [-0.1, -0.05) is 67.6 Å². The molecule has 3 nitrogen and oxygen atoms in total. The van der Waals surface area contributed by atoms with E-state index in [1.54, 1.807) is 0 Å². The van der Waals surface area contributed by atoms with Gasteiger partial charge < -0.3 is 4.74 Å². The summed E-state index contributed by atoms with van der Waals surface area (Å²) in [4.78, 5) is 4.59. The lowest BCUT2D eigenvalue weighted by molar-refractivity contribution is 0.305. The zero-order chi connectivity index (χ0) is 16.8. The van der Waals surface area contributed by atoms with Crippen LogP contribution in [0.2, 0.25) is 0 Å². The third-order valence-electron chi connectivity index (χ3n) is 3.70. The molecule has 2 aromatic carbocycles. The SMILES string of the molecule is CCCOc1nc(-c2ccccc2)cc(-c2ccccc2)c1C#N. The molecule has 3 heteroatoms. The van der Waals surface area contributed by atoms with Crippen molar-refractivity contribution in [2.24, 2.45) is 0 Å². The van der Waals surface area contributed by atoms with E-state index >= 15 is 0 Å². The summed E-state index contributed by atoms with van der Waals surface area (Å²) in [5, 5.41) is 9.65. The summed E-state index contributed by atoms with van der Waals surface area (Å²) in [6.07, 6.45) is 0.864. The Morgan fingerprint density at radius 2 is 1.58 bits per heavy atom. The highest BCUT2D eigenvalue weighted by atomic mass is 16.5. The normalized spacial score (nSPS) is 10.2. The van der Waals surface area contributed by atoms with E-state index in [0.717, 1.165) is 28.8 Å². The quantitative estimate of drug-likeness (QED) is 0.660. The molecule has 0 aliphatic rings. The lowest BCUT2D eigenvalue weighted by atomic mass is 9.99. The Labute approximate surface area is 142 Å². The topological polar surface area (TPSA) is 45.9 Å². The minimum Gasteiger partial charge on any atom is -0.477 e. The Morgan fingerprint density at radius 1 is 0.958 bits per heavy atom. The molecule has 0 amide bonds. The van der Waals surface area contributed by atoms with Crippen molar-refractivity contribution in [1.82, 2.24) is 4.98 Å². The summed E-state index contributed by atoms with van der Waals surface area (Å²) in [7, 11) is 0. The Kier molecular flexibility index (Phi) is 4.88. The van der Waals surface area contributed by atoms with Crippen LogP contribution >= 0.6 is 0 Å². The van der Waals surface area contributed by atoms with Crippen molar-refractivity contribution in [1.29, 1.82) is 5.26 Å². The lowest BCUT2D eigenvalue weighted by Crippen LogP contribution is -2.02. The molecule has 1 heterocycles. The first kappa shape index (κ1) is 15.8. The van der Waals surface area contributed by atoms with E-state index in [1.807, 2.05) is 73.7 Å². The molecule has 0 saturated heterocycles. The second kappa shape index (κ2) is 7.43. The molecular weight excluding hydrogens is 296 g/mol. The average Bonchev–Trinajstić information content (AvgIpc) is 2.67. The standard InChI is InChI=1S/C21H18N2O/c1-2-13-24-21-19(15-22)18(16-9-5-3-6-10-16)14-20(23-21)17-11-7-4-8-12-17/h3-12,14H,2,13H2,1H3. The Balaban J connectivity index is 2.21. The maximum atomic E-state index is 9.65. The van der Waals surface area contributed by atoms with Crippen LogP contribution in [0.5, 0.6) is 5.88 Å². The second-order valence-corrected chi connectivity index (χ2v) is 5.43. The van der Waals surface area contributed by atoms with E-state index in [2.05, 4.69) is 11.1 Å². The third kappa shape index (κ3) is 3.28. The molecule has 0 saturated carbocycles. The summed E-state index contributed by atoms with van der Waals surface area (Å²) >= 11 is 0. The molecule has 0 fully saturated rings. The van der Waals surface area contributed by atoms with Crippen LogP contribution in [-0.4, -0.2) is 11.6 Å². The number of benzene rings is 2. The highest BCUT2D eigenvalue weighted by Gasteiger charge is 2.16. The van der Waals surface area contributed by atoms with Gasteiger partial charge in [-0.3, -0.25) is 0 Å². The van der Waals surface area contributed by atoms with Gasteiger partial charge in [0.2, 0.25) is 5.88 Å². The van der Waals surface area contributed by atoms with Crippen molar-refractivity contribution in [3.05, 3.63) is 72.3 Å². The van der Waals surface area contributed by atoms with Crippen molar-refractivity contribution < 1.29 is 4.74 Å². The molecule has 0 atom stereocenters. The minimum atomic E-state index is 0.402. The van der Waals surface area contributed by atoms with Crippen molar-refractivity contribution in [2.75, 3.05) is 6.61 Å². The van der Waals surface area contributed by atoms with Crippen LogP contribution in [-0.2, 0) is 0 Å². The van der Waals surface area contributed by atoms with Gasteiger partial charge in [-0.15, -0.1) is 0 Å². The Hall–Kier alpha value is -3.12. The van der Waals surface area contributed by atoms with E-state index in [0.29, 0.717) is 18.1 Å². The lowest BCUT2D eigenvalue weighted by Gasteiger charge is -2.13. The number of hydrogen-bond donors (Lipinski definition) is 0. The summed E-state index contributed by atoms with van der Waals surface area (Å²) < 4.78 is 5.77. The molecule has 118 valence electrons. The molecule has 0 radical (unpaired) electrons. The van der Waals surface area contributed by atoms with Gasteiger partial charge in [0.05, 0.1) is 12.3 Å². The number of aromatic nitrogens is 1. The average molecular weight is 314 g/mol. The van der Waals surface area contributed by atoms with Gasteiger partial charge in [0.15, 0.2) is 0 Å².